The van der Waals surface area contributed by atoms with Gasteiger partial charge in [-0.1, -0.05) is 61.2 Å². The molecule has 5 nitrogen and oxygen atoms in total. The number of hydrogen-bond donors (Lipinski definition) is 0. The summed E-state index contributed by atoms with van der Waals surface area (Å²) in [5.74, 6) is 1.28. The number of aryl methyl sites for hydroxylation is 1. The topological polar surface area (TPSA) is 53.5 Å². The first-order valence-corrected chi connectivity index (χ1v) is 13.3. The minimum absolute atomic E-state index is 0.351. The molecule has 1 aromatic heterocycles. The van der Waals surface area contributed by atoms with Crippen LogP contribution >= 0.6 is 0 Å². The molecule has 6 heteroatoms. The summed E-state index contributed by atoms with van der Waals surface area (Å²) in [5.41, 5.74) is 4.32. The lowest BCUT2D eigenvalue weighted by atomic mass is 9.84. The van der Waals surface area contributed by atoms with Crippen molar-refractivity contribution in [3.63, 3.8) is 0 Å². The van der Waals surface area contributed by atoms with Gasteiger partial charge in [0.2, 0.25) is 0 Å². The van der Waals surface area contributed by atoms with Crippen molar-refractivity contribution in [2.24, 2.45) is 0 Å². The van der Waals surface area contributed by atoms with Gasteiger partial charge in [0.15, 0.2) is 5.82 Å². The van der Waals surface area contributed by atoms with Gasteiger partial charge in [0, 0.05) is 19.3 Å². The average molecular weight is 462 g/mol. The second-order valence-corrected chi connectivity index (χ2v) is 11.1. The van der Waals surface area contributed by atoms with Gasteiger partial charge in [0.1, 0.15) is 0 Å². The summed E-state index contributed by atoms with van der Waals surface area (Å²) in [4.78, 5) is 7.08. The van der Waals surface area contributed by atoms with Crippen LogP contribution < -0.4 is 9.21 Å². The van der Waals surface area contributed by atoms with Crippen molar-refractivity contribution in [2.75, 3.05) is 22.3 Å². The molecule has 0 atom stereocenters. The summed E-state index contributed by atoms with van der Waals surface area (Å²) in [7, 11) is -3.66. The molecule has 5 rings (SSSR count). The minimum atomic E-state index is -3.66. The lowest BCUT2D eigenvalue weighted by Gasteiger charge is -2.37. The Kier molecular flexibility index (Phi) is 6.11. The maximum absolute atomic E-state index is 13.6. The lowest BCUT2D eigenvalue weighted by Crippen LogP contribution is -2.44. The largest absolute Gasteiger partial charge is 0.349 e. The maximum atomic E-state index is 13.6. The lowest BCUT2D eigenvalue weighted by molar-refractivity contribution is 0.443. The highest BCUT2D eigenvalue weighted by Crippen LogP contribution is 2.37. The fourth-order valence-corrected chi connectivity index (χ4v) is 6.52. The van der Waals surface area contributed by atoms with E-state index in [1.54, 1.807) is 18.3 Å². The van der Waals surface area contributed by atoms with Crippen molar-refractivity contribution in [3.05, 3.63) is 83.6 Å². The number of anilines is 2. The van der Waals surface area contributed by atoms with Crippen LogP contribution in [0.4, 0.5) is 11.5 Å². The van der Waals surface area contributed by atoms with Crippen LogP contribution in [0.3, 0.4) is 0 Å². The second-order valence-electron chi connectivity index (χ2n) is 9.23. The van der Waals surface area contributed by atoms with E-state index < -0.39 is 10.0 Å². The van der Waals surface area contributed by atoms with Crippen molar-refractivity contribution in [3.8, 4) is 0 Å². The summed E-state index contributed by atoms with van der Waals surface area (Å²) in [5, 5.41) is 0. The zero-order valence-corrected chi connectivity index (χ0v) is 20.0. The Bertz CT molecular complexity index is 1200. The molecule has 1 fully saturated rings. The van der Waals surface area contributed by atoms with Crippen LogP contribution in [0, 0.1) is 6.92 Å². The number of nitrogens with zero attached hydrogens (tertiary/aromatic N) is 3. The quantitative estimate of drug-likeness (QED) is 0.492. The highest BCUT2D eigenvalue weighted by molar-refractivity contribution is 7.92. The molecule has 0 spiro atoms. The standard InChI is InChI=1S/C27H31N3O2S/c1-21-9-11-22(12-10-21)20-29-18-19-30(26-8-5-17-28-27(26)29)33(31,32)25-15-13-24(14-16-25)23-6-3-2-4-7-23/h5,8-17,23H,2-4,6-7,18-20H2,1H3. The van der Waals surface area contributed by atoms with E-state index in [1.807, 2.05) is 24.3 Å². The number of rotatable bonds is 5. The van der Waals surface area contributed by atoms with Gasteiger partial charge in [-0.25, -0.2) is 13.4 Å². The summed E-state index contributed by atoms with van der Waals surface area (Å²) >= 11 is 0. The van der Waals surface area contributed by atoms with Crippen LogP contribution in [0.15, 0.2) is 71.8 Å². The number of fused-ring (bicyclic) bond motifs is 1. The summed E-state index contributed by atoms with van der Waals surface area (Å²) in [6, 6.07) is 19.7. The second kappa shape index (κ2) is 9.18. The van der Waals surface area contributed by atoms with E-state index in [4.69, 9.17) is 0 Å². The molecule has 0 saturated heterocycles. The number of aromatic nitrogens is 1. The molecule has 3 aromatic rings. The fourth-order valence-electron chi connectivity index (χ4n) is 5.06. The first-order chi connectivity index (χ1) is 16.0. The molecule has 0 radical (unpaired) electrons. The predicted molar refractivity (Wildman–Crippen MR) is 133 cm³/mol. The van der Waals surface area contributed by atoms with E-state index in [9.17, 15) is 8.42 Å². The Balaban J connectivity index is 1.40. The van der Waals surface area contributed by atoms with Crippen LogP contribution in [-0.4, -0.2) is 26.5 Å². The highest BCUT2D eigenvalue weighted by Gasteiger charge is 2.33. The van der Waals surface area contributed by atoms with E-state index in [1.165, 1.54) is 53.1 Å². The average Bonchev–Trinajstić information content (AvgIpc) is 2.86. The maximum Gasteiger partial charge on any atom is 0.264 e. The molecule has 2 heterocycles. The number of pyridine rings is 1. The van der Waals surface area contributed by atoms with E-state index in [-0.39, 0.29) is 0 Å². The van der Waals surface area contributed by atoms with Crippen LogP contribution in [-0.2, 0) is 16.6 Å². The van der Waals surface area contributed by atoms with Crippen molar-refractivity contribution in [1.29, 1.82) is 0 Å². The molecule has 0 unspecified atom stereocenters. The smallest absolute Gasteiger partial charge is 0.264 e. The van der Waals surface area contributed by atoms with Crippen LogP contribution in [0.1, 0.15) is 54.7 Å². The molecule has 0 N–H and O–H groups in total. The third kappa shape index (κ3) is 4.49. The molecule has 0 amide bonds. The molecule has 33 heavy (non-hydrogen) atoms. The van der Waals surface area contributed by atoms with Crippen molar-refractivity contribution < 1.29 is 8.42 Å². The van der Waals surface area contributed by atoms with E-state index >= 15 is 0 Å². The monoisotopic (exact) mass is 461 g/mol. The van der Waals surface area contributed by atoms with E-state index in [2.05, 4.69) is 41.1 Å². The number of hydrogen-bond acceptors (Lipinski definition) is 4. The third-order valence-electron chi connectivity index (χ3n) is 6.95. The summed E-state index contributed by atoms with van der Waals surface area (Å²) in [6.07, 6.45) is 7.98. The Hall–Kier alpha value is -2.86. The van der Waals surface area contributed by atoms with Gasteiger partial charge < -0.3 is 4.90 Å². The summed E-state index contributed by atoms with van der Waals surface area (Å²) in [6.45, 7) is 3.77. The van der Waals surface area contributed by atoms with Gasteiger partial charge in [0.05, 0.1) is 17.1 Å². The molecule has 1 saturated carbocycles. The SMILES string of the molecule is Cc1ccc(CN2CCN(S(=O)(=O)c3ccc(C4CCCCC4)cc3)c3cccnc32)cc1. The molecule has 0 bridgehead atoms. The normalized spacial score (nSPS) is 17.1. The van der Waals surface area contributed by atoms with Crippen molar-refractivity contribution >= 4 is 21.5 Å². The molecular formula is C27H31N3O2S. The van der Waals surface area contributed by atoms with Crippen LogP contribution in [0.2, 0.25) is 0 Å². The minimum Gasteiger partial charge on any atom is -0.349 e. The van der Waals surface area contributed by atoms with Gasteiger partial charge in [-0.15, -0.1) is 0 Å². The first-order valence-electron chi connectivity index (χ1n) is 11.9. The molecule has 2 aliphatic rings. The Labute approximate surface area is 197 Å². The summed E-state index contributed by atoms with van der Waals surface area (Å²) < 4.78 is 28.8. The molecule has 172 valence electrons. The molecule has 1 aliphatic heterocycles. The van der Waals surface area contributed by atoms with E-state index in [0.717, 1.165) is 0 Å². The highest BCUT2D eigenvalue weighted by atomic mass is 32.2. The number of sulfonamides is 1. The zero-order valence-electron chi connectivity index (χ0n) is 19.2. The van der Waals surface area contributed by atoms with Gasteiger partial charge in [-0.2, -0.15) is 0 Å². The van der Waals surface area contributed by atoms with E-state index in [0.29, 0.717) is 42.0 Å². The molecule has 2 aromatic carbocycles. The molecular weight excluding hydrogens is 430 g/mol. The number of benzene rings is 2. The predicted octanol–water partition coefficient (Wildman–Crippen LogP) is 5.65. The fraction of sp³-hybridized carbons (Fsp3) is 0.370. The Morgan fingerprint density at radius 1 is 0.909 bits per heavy atom. The van der Waals surface area contributed by atoms with Crippen molar-refractivity contribution in [2.45, 2.75) is 56.4 Å². The zero-order chi connectivity index (χ0) is 22.8. The van der Waals surface area contributed by atoms with Gasteiger partial charge in [0.25, 0.3) is 10.0 Å². The van der Waals surface area contributed by atoms with Gasteiger partial charge >= 0.3 is 0 Å². The van der Waals surface area contributed by atoms with Gasteiger partial charge in [-0.3, -0.25) is 4.31 Å². The Morgan fingerprint density at radius 2 is 1.64 bits per heavy atom. The Morgan fingerprint density at radius 3 is 2.36 bits per heavy atom. The van der Waals surface area contributed by atoms with Gasteiger partial charge in [-0.05, 0) is 61.1 Å². The third-order valence-corrected chi connectivity index (χ3v) is 8.77. The van der Waals surface area contributed by atoms with Crippen molar-refractivity contribution in [1.82, 2.24) is 4.98 Å². The van der Waals surface area contributed by atoms with Crippen LogP contribution in [0.5, 0.6) is 0 Å². The first kappa shape index (κ1) is 22.0. The molecule has 1 aliphatic carbocycles. The van der Waals surface area contributed by atoms with Crippen LogP contribution in [0.25, 0.3) is 0 Å².